The highest BCUT2D eigenvalue weighted by Gasteiger charge is 2.28. The standard InChI is InChI=1S/C12H17N3/c1-2-3-4-5-6-7-8-12(9-13,10-14)11-15/h2-8H2,1H3. The van der Waals surface area contributed by atoms with Crippen LogP contribution in [0.4, 0.5) is 0 Å². The average molecular weight is 203 g/mol. The van der Waals surface area contributed by atoms with E-state index in [9.17, 15) is 0 Å². The maximum atomic E-state index is 8.72. The summed E-state index contributed by atoms with van der Waals surface area (Å²) in [5.41, 5.74) is -1.41. The van der Waals surface area contributed by atoms with Crippen molar-refractivity contribution in [1.29, 1.82) is 15.8 Å². The molecule has 0 saturated carbocycles. The van der Waals surface area contributed by atoms with Crippen molar-refractivity contribution in [3.05, 3.63) is 0 Å². The molecule has 0 rings (SSSR count). The normalized spacial score (nSPS) is 10.0. The summed E-state index contributed by atoms with van der Waals surface area (Å²) in [4.78, 5) is 0. The lowest BCUT2D eigenvalue weighted by atomic mass is 9.87. The second-order valence-electron chi connectivity index (χ2n) is 3.76. The van der Waals surface area contributed by atoms with Gasteiger partial charge in [-0.3, -0.25) is 0 Å². The largest absolute Gasteiger partial charge is 0.228 e. The minimum Gasteiger partial charge on any atom is -0.195 e. The van der Waals surface area contributed by atoms with Crippen LogP contribution in [0.2, 0.25) is 0 Å². The summed E-state index contributed by atoms with van der Waals surface area (Å²) in [5, 5.41) is 26.2. The Labute approximate surface area is 91.9 Å². The summed E-state index contributed by atoms with van der Waals surface area (Å²) in [7, 11) is 0. The zero-order valence-electron chi connectivity index (χ0n) is 9.29. The minimum absolute atomic E-state index is 0.378. The van der Waals surface area contributed by atoms with E-state index in [-0.39, 0.29) is 0 Å². The SMILES string of the molecule is CCCCCCCCC(C#N)(C#N)C#N. The van der Waals surface area contributed by atoms with Crippen molar-refractivity contribution in [1.82, 2.24) is 0 Å². The molecule has 0 aromatic rings. The molecule has 0 radical (unpaired) electrons. The van der Waals surface area contributed by atoms with Crippen LogP contribution in [0, 0.1) is 39.4 Å². The molecule has 0 bridgehead atoms. The van der Waals surface area contributed by atoms with Gasteiger partial charge in [0.1, 0.15) is 18.2 Å². The van der Waals surface area contributed by atoms with Gasteiger partial charge in [-0.05, 0) is 12.8 Å². The quantitative estimate of drug-likeness (QED) is 0.596. The molecule has 0 aromatic carbocycles. The van der Waals surface area contributed by atoms with E-state index in [1.807, 2.05) is 0 Å². The molecule has 0 aromatic heterocycles. The van der Waals surface area contributed by atoms with Gasteiger partial charge < -0.3 is 0 Å². The summed E-state index contributed by atoms with van der Waals surface area (Å²) in [6.45, 7) is 2.16. The molecule has 0 amide bonds. The Bertz CT molecular complexity index is 251. The number of unbranched alkanes of at least 4 members (excludes halogenated alkanes) is 5. The van der Waals surface area contributed by atoms with Gasteiger partial charge in [-0.15, -0.1) is 0 Å². The summed E-state index contributed by atoms with van der Waals surface area (Å²) in [5.74, 6) is 0. The molecule has 0 fully saturated rings. The Hall–Kier alpha value is -1.53. The first kappa shape index (κ1) is 13.5. The highest BCUT2D eigenvalue weighted by Crippen LogP contribution is 2.22. The molecule has 0 saturated heterocycles. The van der Waals surface area contributed by atoms with E-state index in [1.165, 1.54) is 19.3 Å². The number of hydrogen-bond donors (Lipinski definition) is 0. The van der Waals surface area contributed by atoms with Gasteiger partial charge in [-0.2, -0.15) is 15.8 Å². The molecular formula is C12H17N3. The summed E-state index contributed by atoms with van der Waals surface area (Å²) < 4.78 is 0. The van der Waals surface area contributed by atoms with Crippen LogP contribution in [0.5, 0.6) is 0 Å². The predicted octanol–water partition coefficient (Wildman–Crippen LogP) is 3.29. The van der Waals surface area contributed by atoms with Gasteiger partial charge in [0, 0.05) is 0 Å². The van der Waals surface area contributed by atoms with Crippen molar-refractivity contribution in [3.63, 3.8) is 0 Å². The summed E-state index contributed by atoms with van der Waals surface area (Å²) in [6.07, 6.45) is 6.95. The van der Waals surface area contributed by atoms with E-state index in [0.717, 1.165) is 19.3 Å². The minimum atomic E-state index is -1.41. The number of rotatable bonds is 7. The van der Waals surface area contributed by atoms with Crippen molar-refractivity contribution in [2.24, 2.45) is 5.41 Å². The first-order chi connectivity index (χ1) is 7.24. The van der Waals surface area contributed by atoms with Gasteiger partial charge >= 0.3 is 0 Å². The van der Waals surface area contributed by atoms with E-state index < -0.39 is 5.41 Å². The van der Waals surface area contributed by atoms with Crippen molar-refractivity contribution in [2.75, 3.05) is 0 Å². The molecule has 3 nitrogen and oxygen atoms in total. The van der Waals surface area contributed by atoms with Crippen LogP contribution >= 0.6 is 0 Å². The van der Waals surface area contributed by atoms with Crippen LogP contribution in [-0.4, -0.2) is 0 Å². The first-order valence-corrected chi connectivity index (χ1v) is 5.48. The molecule has 15 heavy (non-hydrogen) atoms. The van der Waals surface area contributed by atoms with Crippen LogP contribution in [-0.2, 0) is 0 Å². The molecule has 0 heterocycles. The van der Waals surface area contributed by atoms with Crippen molar-refractivity contribution in [3.8, 4) is 18.2 Å². The second-order valence-corrected chi connectivity index (χ2v) is 3.76. The molecular weight excluding hydrogens is 186 g/mol. The Balaban J connectivity index is 3.72. The maximum absolute atomic E-state index is 8.72. The van der Waals surface area contributed by atoms with E-state index in [0.29, 0.717) is 6.42 Å². The van der Waals surface area contributed by atoms with Crippen molar-refractivity contribution in [2.45, 2.75) is 51.9 Å². The third-order valence-corrected chi connectivity index (χ3v) is 2.48. The summed E-state index contributed by atoms with van der Waals surface area (Å²) >= 11 is 0. The van der Waals surface area contributed by atoms with Crippen molar-refractivity contribution >= 4 is 0 Å². The molecule has 0 aliphatic heterocycles. The third-order valence-electron chi connectivity index (χ3n) is 2.48. The fraction of sp³-hybridized carbons (Fsp3) is 0.750. The molecule has 0 aliphatic rings. The Morgan fingerprint density at radius 3 is 1.73 bits per heavy atom. The Kier molecular flexibility index (Phi) is 7.04. The molecule has 0 aliphatic carbocycles. The molecule has 80 valence electrons. The van der Waals surface area contributed by atoms with E-state index in [1.54, 1.807) is 18.2 Å². The fourth-order valence-corrected chi connectivity index (χ4v) is 1.41. The van der Waals surface area contributed by atoms with E-state index in [4.69, 9.17) is 15.8 Å². The van der Waals surface area contributed by atoms with Gasteiger partial charge in [0.15, 0.2) is 0 Å². The van der Waals surface area contributed by atoms with E-state index >= 15 is 0 Å². The van der Waals surface area contributed by atoms with Gasteiger partial charge in [0.2, 0.25) is 5.41 Å². The zero-order chi connectivity index (χ0) is 11.6. The smallest absolute Gasteiger partial charge is 0.195 e. The van der Waals surface area contributed by atoms with Crippen LogP contribution < -0.4 is 0 Å². The van der Waals surface area contributed by atoms with Gasteiger partial charge in [0.05, 0.1) is 0 Å². The van der Waals surface area contributed by atoms with Gasteiger partial charge in [-0.25, -0.2) is 0 Å². The lowest BCUT2D eigenvalue weighted by Crippen LogP contribution is -2.12. The highest BCUT2D eigenvalue weighted by molar-refractivity contribution is 5.25. The number of hydrogen-bond acceptors (Lipinski definition) is 3. The molecule has 0 spiro atoms. The monoisotopic (exact) mass is 203 g/mol. The Morgan fingerprint density at radius 1 is 0.800 bits per heavy atom. The van der Waals surface area contributed by atoms with Crippen LogP contribution in [0.25, 0.3) is 0 Å². The molecule has 3 heteroatoms. The first-order valence-electron chi connectivity index (χ1n) is 5.48. The maximum Gasteiger partial charge on any atom is 0.228 e. The van der Waals surface area contributed by atoms with Crippen molar-refractivity contribution < 1.29 is 0 Å². The highest BCUT2D eigenvalue weighted by atomic mass is 14.4. The topological polar surface area (TPSA) is 71.4 Å². The predicted molar refractivity (Wildman–Crippen MR) is 57.3 cm³/mol. The zero-order valence-corrected chi connectivity index (χ0v) is 9.29. The molecule has 0 unspecified atom stereocenters. The Morgan fingerprint density at radius 2 is 1.27 bits per heavy atom. The van der Waals surface area contributed by atoms with Crippen LogP contribution in [0.1, 0.15) is 51.9 Å². The number of nitriles is 3. The van der Waals surface area contributed by atoms with Crippen LogP contribution in [0.3, 0.4) is 0 Å². The second kappa shape index (κ2) is 7.84. The van der Waals surface area contributed by atoms with Gasteiger partial charge in [0.25, 0.3) is 0 Å². The van der Waals surface area contributed by atoms with Gasteiger partial charge in [-0.1, -0.05) is 39.0 Å². The third kappa shape index (κ3) is 5.04. The van der Waals surface area contributed by atoms with E-state index in [2.05, 4.69) is 6.92 Å². The number of nitrogens with zero attached hydrogens (tertiary/aromatic N) is 3. The van der Waals surface area contributed by atoms with Crippen LogP contribution in [0.15, 0.2) is 0 Å². The summed E-state index contributed by atoms with van der Waals surface area (Å²) in [6, 6.07) is 5.38. The fourth-order valence-electron chi connectivity index (χ4n) is 1.41. The lowest BCUT2D eigenvalue weighted by molar-refractivity contribution is 0.522. The average Bonchev–Trinajstić information content (AvgIpc) is 2.29. The lowest BCUT2D eigenvalue weighted by Gasteiger charge is -2.08. The molecule has 0 atom stereocenters. The molecule has 0 N–H and O–H groups in total.